The van der Waals surface area contributed by atoms with Gasteiger partial charge in [0.05, 0.1) is 24.7 Å². The van der Waals surface area contributed by atoms with Gasteiger partial charge in [0.1, 0.15) is 0 Å². The number of benzene rings is 1. The van der Waals surface area contributed by atoms with Gasteiger partial charge in [0.2, 0.25) is 0 Å². The number of nitrogens with one attached hydrogen (secondary N) is 1. The van der Waals surface area contributed by atoms with Crippen LogP contribution in [0.4, 0.5) is 0 Å². The highest BCUT2D eigenvalue weighted by molar-refractivity contribution is 5.74. The van der Waals surface area contributed by atoms with E-state index in [4.69, 9.17) is 9.47 Å². The fourth-order valence-corrected chi connectivity index (χ4v) is 3.75. The van der Waals surface area contributed by atoms with Gasteiger partial charge < -0.3 is 14.8 Å². The molecule has 2 heterocycles. The van der Waals surface area contributed by atoms with Crippen LogP contribution in [0.15, 0.2) is 30.3 Å². The minimum atomic E-state index is -0.190. The molecule has 0 amide bonds. The third-order valence-corrected chi connectivity index (χ3v) is 4.81. The second-order valence-corrected chi connectivity index (χ2v) is 6.29. The second-order valence-electron chi connectivity index (χ2n) is 6.29. The molecule has 1 aromatic carbocycles. The molecule has 120 valence electrons. The molecule has 1 N–H and O–H groups in total. The Balaban J connectivity index is 1.73. The molecular formula is C18H25NO3. The third kappa shape index (κ3) is 3.18. The van der Waals surface area contributed by atoms with Crippen LogP contribution >= 0.6 is 0 Å². The molecule has 4 heteroatoms. The van der Waals surface area contributed by atoms with Gasteiger partial charge in [-0.1, -0.05) is 30.3 Å². The zero-order valence-electron chi connectivity index (χ0n) is 13.3. The summed E-state index contributed by atoms with van der Waals surface area (Å²) in [6, 6.07) is 10.7. The van der Waals surface area contributed by atoms with Gasteiger partial charge in [-0.25, -0.2) is 0 Å². The molecule has 2 saturated heterocycles. The van der Waals surface area contributed by atoms with Crippen LogP contribution in [0, 0.1) is 5.92 Å². The average Bonchev–Trinajstić information content (AvgIpc) is 2.90. The highest BCUT2D eigenvalue weighted by Gasteiger charge is 2.47. The average molecular weight is 303 g/mol. The lowest BCUT2D eigenvalue weighted by atomic mass is 9.89. The largest absolute Gasteiger partial charge is 0.466 e. The first-order valence-corrected chi connectivity index (χ1v) is 8.32. The first-order valence-electron chi connectivity index (χ1n) is 8.32. The van der Waals surface area contributed by atoms with Crippen LogP contribution in [0.1, 0.15) is 44.7 Å². The van der Waals surface area contributed by atoms with Crippen molar-refractivity contribution < 1.29 is 14.3 Å². The summed E-state index contributed by atoms with van der Waals surface area (Å²) < 4.78 is 11.2. The number of ether oxygens (including phenoxy) is 2. The molecule has 3 rings (SSSR count). The van der Waals surface area contributed by atoms with Crippen LogP contribution in [-0.2, 0) is 14.3 Å². The molecule has 0 spiro atoms. The maximum Gasteiger partial charge on any atom is 0.313 e. The van der Waals surface area contributed by atoms with Gasteiger partial charge >= 0.3 is 5.97 Å². The Labute approximate surface area is 132 Å². The summed E-state index contributed by atoms with van der Waals surface area (Å²) in [7, 11) is 0. The first kappa shape index (κ1) is 15.5. The van der Waals surface area contributed by atoms with Crippen molar-refractivity contribution in [3.8, 4) is 0 Å². The van der Waals surface area contributed by atoms with E-state index in [-0.39, 0.29) is 36.2 Å². The summed E-state index contributed by atoms with van der Waals surface area (Å²) in [6.45, 7) is 4.43. The Morgan fingerprint density at radius 2 is 2.14 bits per heavy atom. The van der Waals surface area contributed by atoms with Gasteiger partial charge in [-0.15, -0.1) is 0 Å². The Morgan fingerprint density at radius 1 is 1.36 bits per heavy atom. The summed E-state index contributed by atoms with van der Waals surface area (Å²) in [6.07, 6.45) is 3.20. The Morgan fingerprint density at radius 3 is 2.86 bits per heavy atom. The quantitative estimate of drug-likeness (QED) is 0.850. The SMILES string of the molecule is CCOC(=O)[C@H]1[C@@H](N[C@@H](C)c2ccccc2)C[C@@H]2CC[C@@H]1O2. The molecule has 2 bridgehead atoms. The van der Waals surface area contributed by atoms with E-state index < -0.39 is 0 Å². The monoisotopic (exact) mass is 303 g/mol. The van der Waals surface area contributed by atoms with Crippen molar-refractivity contribution in [3.63, 3.8) is 0 Å². The van der Waals surface area contributed by atoms with E-state index in [1.165, 1.54) is 5.56 Å². The second kappa shape index (κ2) is 6.80. The van der Waals surface area contributed by atoms with Gasteiger partial charge in [-0.3, -0.25) is 4.79 Å². The Bertz CT molecular complexity index is 504. The van der Waals surface area contributed by atoms with Gasteiger partial charge in [0, 0.05) is 12.1 Å². The van der Waals surface area contributed by atoms with E-state index in [2.05, 4.69) is 24.4 Å². The summed E-state index contributed by atoms with van der Waals surface area (Å²) in [5, 5.41) is 3.64. The maximum absolute atomic E-state index is 12.4. The number of carbonyl (C=O) groups is 1. The highest BCUT2D eigenvalue weighted by Crippen LogP contribution is 2.38. The third-order valence-electron chi connectivity index (χ3n) is 4.81. The van der Waals surface area contributed by atoms with Crippen molar-refractivity contribution in [1.82, 2.24) is 5.32 Å². The normalized spacial score (nSPS) is 31.7. The molecule has 4 nitrogen and oxygen atoms in total. The summed E-state index contributed by atoms with van der Waals surface area (Å²) >= 11 is 0. The predicted octanol–water partition coefficient (Wildman–Crippen LogP) is 2.84. The van der Waals surface area contributed by atoms with Crippen LogP contribution in [-0.4, -0.2) is 30.8 Å². The number of rotatable bonds is 5. The minimum absolute atomic E-state index is 0.0123. The van der Waals surface area contributed by atoms with Crippen molar-refractivity contribution in [3.05, 3.63) is 35.9 Å². The van der Waals surface area contributed by atoms with Gasteiger partial charge in [-0.05, 0) is 38.7 Å². The number of hydrogen-bond donors (Lipinski definition) is 1. The van der Waals surface area contributed by atoms with Crippen molar-refractivity contribution in [1.29, 1.82) is 0 Å². The maximum atomic E-state index is 12.4. The van der Waals surface area contributed by atoms with E-state index >= 15 is 0 Å². The molecule has 0 saturated carbocycles. The minimum Gasteiger partial charge on any atom is -0.466 e. The van der Waals surface area contributed by atoms with E-state index in [1.807, 2.05) is 25.1 Å². The van der Waals surface area contributed by atoms with Crippen LogP contribution in [0.25, 0.3) is 0 Å². The number of carbonyl (C=O) groups excluding carboxylic acids is 1. The van der Waals surface area contributed by atoms with E-state index in [9.17, 15) is 4.79 Å². The first-order chi connectivity index (χ1) is 10.7. The summed E-state index contributed by atoms with van der Waals surface area (Å²) in [5.74, 6) is -0.310. The van der Waals surface area contributed by atoms with Crippen LogP contribution in [0.5, 0.6) is 0 Å². The van der Waals surface area contributed by atoms with Crippen molar-refractivity contribution in [2.75, 3.05) is 6.61 Å². The standard InChI is InChI=1S/C18H25NO3/c1-3-21-18(20)17-15(11-14-9-10-16(17)22-14)19-12(2)13-7-5-4-6-8-13/h4-8,12,14-17,19H,3,9-11H2,1-2H3/t12-,14-,15-,16-,17-/m0/s1. The zero-order valence-corrected chi connectivity index (χ0v) is 13.3. The molecule has 2 fully saturated rings. The molecule has 2 aliphatic heterocycles. The molecule has 1 aromatic rings. The highest BCUT2D eigenvalue weighted by atomic mass is 16.5. The van der Waals surface area contributed by atoms with E-state index in [0.717, 1.165) is 19.3 Å². The smallest absolute Gasteiger partial charge is 0.313 e. The lowest BCUT2D eigenvalue weighted by molar-refractivity contribution is -0.160. The summed E-state index contributed by atoms with van der Waals surface area (Å²) in [5.41, 5.74) is 1.24. The Hall–Kier alpha value is -1.39. The molecular weight excluding hydrogens is 278 g/mol. The number of esters is 1. The van der Waals surface area contributed by atoms with Gasteiger partial charge in [-0.2, -0.15) is 0 Å². The number of hydrogen-bond acceptors (Lipinski definition) is 4. The van der Waals surface area contributed by atoms with E-state index in [0.29, 0.717) is 6.61 Å². The fraction of sp³-hybridized carbons (Fsp3) is 0.611. The van der Waals surface area contributed by atoms with Crippen molar-refractivity contribution in [2.45, 2.75) is 57.4 Å². The molecule has 0 unspecified atom stereocenters. The van der Waals surface area contributed by atoms with Gasteiger partial charge in [0.15, 0.2) is 0 Å². The zero-order chi connectivity index (χ0) is 15.5. The molecule has 0 radical (unpaired) electrons. The lowest BCUT2D eigenvalue weighted by Gasteiger charge is -2.37. The van der Waals surface area contributed by atoms with Crippen LogP contribution in [0.3, 0.4) is 0 Å². The van der Waals surface area contributed by atoms with Crippen molar-refractivity contribution >= 4 is 5.97 Å². The van der Waals surface area contributed by atoms with Gasteiger partial charge in [0.25, 0.3) is 0 Å². The molecule has 2 aliphatic rings. The van der Waals surface area contributed by atoms with Crippen LogP contribution in [0.2, 0.25) is 0 Å². The topological polar surface area (TPSA) is 47.6 Å². The Kier molecular flexibility index (Phi) is 4.79. The molecule has 0 aliphatic carbocycles. The van der Waals surface area contributed by atoms with Crippen molar-refractivity contribution in [2.24, 2.45) is 5.92 Å². The fourth-order valence-electron chi connectivity index (χ4n) is 3.75. The predicted molar refractivity (Wildman–Crippen MR) is 84.4 cm³/mol. The molecule has 5 atom stereocenters. The molecule has 0 aromatic heterocycles. The molecule has 22 heavy (non-hydrogen) atoms. The van der Waals surface area contributed by atoms with E-state index in [1.54, 1.807) is 0 Å². The van der Waals surface area contributed by atoms with Crippen LogP contribution < -0.4 is 5.32 Å². The number of fused-ring (bicyclic) bond motifs is 2. The summed E-state index contributed by atoms with van der Waals surface area (Å²) in [4.78, 5) is 12.4. The lowest BCUT2D eigenvalue weighted by Crippen LogP contribution is -2.51.